The fourth-order valence-corrected chi connectivity index (χ4v) is 4.76. The molecular weight excluding hydrogens is 360 g/mol. The number of cyclic esters (lactones) is 1. The Hall–Kier alpha value is -1.22. The molecule has 8 nitrogen and oxygen atoms in total. The molecule has 8 heteroatoms. The van der Waals surface area contributed by atoms with E-state index in [1.54, 1.807) is 0 Å². The lowest BCUT2D eigenvalue weighted by Crippen LogP contribution is -2.59. The number of quaternary nitrogens is 1. The van der Waals surface area contributed by atoms with Crippen LogP contribution < -0.4 is 0 Å². The van der Waals surface area contributed by atoms with E-state index in [9.17, 15) is 9.59 Å². The molecule has 2 atom stereocenters. The van der Waals surface area contributed by atoms with Gasteiger partial charge in [0.05, 0.1) is 20.6 Å². The zero-order valence-electron chi connectivity index (χ0n) is 17.9. The van der Waals surface area contributed by atoms with Crippen molar-refractivity contribution in [2.45, 2.75) is 51.4 Å². The van der Waals surface area contributed by atoms with Gasteiger partial charge in [0, 0.05) is 64.7 Å². The molecule has 0 saturated carbocycles. The van der Waals surface area contributed by atoms with Crippen LogP contribution in [0.15, 0.2) is 0 Å². The molecule has 0 bridgehead atoms. The van der Waals surface area contributed by atoms with Gasteiger partial charge >= 0.3 is 12.1 Å². The number of likely N-dealkylation sites (N-methyl/N-ethyl adjacent to an activating group) is 1. The van der Waals surface area contributed by atoms with E-state index in [0.29, 0.717) is 23.0 Å². The van der Waals surface area contributed by atoms with Crippen molar-refractivity contribution < 1.29 is 23.5 Å². The lowest BCUT2D eigenvalue weighted by Gasteiger charge is -2.40. The topological polar surface area (TPSA) is 62.3 Å². The summed E-state index contributed by atoms with van der Waals surface area (Å²) in [6, 6.07) is 0.925. The van der Waals surface area contributed by atoms with Gasteiger partial charge in [-0.05, 0) is 13.8 Å². The van der Waals surface area contributed by atoms with Crippen LogP contribution in [0.1, 0.15) is 33.1 Å². The molecule has 0 aromatic rings. The van der Waals surface area contributed by atoms with Crippen molar-refractivity contribution >= 4 is 12.1 Å². The van der Waals surface area contributed by atoms with Gasteiger partial charge in [0.1, 0.15) is 12.6 Å². The third-order valence-electron chi connectivity index (χ3n) is 6.90. The van der Waals surface area contributed by atoms with E-state index >= 15 is 0 Å². The summed E-state index contributed by atoms with van der Waals surface area (Å²) in [5.41, 5.74) is 0. The molecule has 0 spiro atoms. The summed E-state index contributed by atoms with van der Waals surface area (Å²) in [6.45, 7) is 11.6. The standard InChI is InChI=1S/C20H37N4O4/c1-16(2)22-9-5-17(6-10-22)24(3)15-18(28-20(24)26)23-13-11-21(12-14-23)8-7-19(25)27-4/h16-18H,5-15H2,1-4H3/q+1. The number of likely N-dealkylation sites (tertiary alicyclic amines) is 1. The van der Waals surface area contributed by atoms with Gasteiger partial charge in [0.15, 0.2) is 0 Å². The number of methoxy groups -OCH3 is 1. The van der Waals surface area contributed by atoms with E-state index < -0.39 is 0 Å². The minimum Gasteiger partial charge on any atom is -0.469 e. The Kier molecular flexibility index (Phi) is 6.96. The van der Waals surface area contributed by atoms with Crippen molar-refractivity contribution in [3.63, 3.8) is 0 Å². The molecule has 3 aliphatic rings. The molecule has 3 heterocycles. The first-order chi connectivity index (χ1) is 13.3. The Labute approximate surface area is 168 Å². The van der Waals surface area contributed by atoms with Gasteiger partial charge in [-0.3, -0.25) is 9.69 Å². The van der Waals surface area contributed by atoms with Crippen LogP contribution in [0.3, 0.4) is 0 Å². The average molecular weight is 398 g/mol. The largest absolute Gasteiger partial charge is 0.517 e. The second kappa shape index (κ2) is 9.07. The van der Waals surface area contributed by atoms with Crippen LogP contribution >= 0.6 is 0 Å². The van der Waals surface area contributed by atoms with Gasteiger partial charge in [-0.1, -0.05) is 0 Å². The highest BCUT2D eigenvalue weighted by Gasteiger charge is 2.53. The first-order valence-corrected chi connectivity index (χ1v) is 10.7. The fraction of sp³-hybridized carbons (Fsp3) is 0.900. The molecule has 1 amide bonds. The Morgan fingerprint density at radius 3 is 2.39 bits per heavy atom. The number of rotatable bonds is 6. The average Bonchev–Trinajstić information content (AvgIpc) is 3.02. The van der Waals surface area contributed by atoms with E-state index in [1.165, 1.54) is 7.11 Å². The number of hydrogen-bond donors (Lipinski definition) is 0. The van der Waals surface area contributed by atoms with Crippen LogP contribution in [0.25, 0.3) is 0 Å². The van der Waals surface area contributed by atoms with Crippen molar-refractivity contribution in [3.8, 4) is 0 Å². The summed E-state index contributed by atoms with van der Waals surface area (Å²) in [5.74, 6) is -0.163. The molecule has 0 aromatic heterocycles. The normalized spacial score (nSPS) is 31.3. The van der Waals surface area contributed by atoms with Crippen LogP contribution in [0.5, 0.6) is 0 Å². The zero-order valence-corrected chi connectivity index (χ0v) is 17.9. The summed E-state index contributed by atoms with van der Waals surface area (Å²) < 4.78 is 11.0. The molecule has 2 unspecified atom stereocenters. The molecule has 3 saturated heterocycles. The van der Waals surface area contributed by atoms with Gasteiger partial charge in [0.25, 0.3) is 0 Å². The van der Waals surface area contributed by atoms with Crippen molar-refractivity contribution in [1.29, 1.82) is 0 Å². The Bertz CT molecular complexity index is 556. The molecule has 0 aliphatic carbocycles. The first kappa shape index (κ1) is 21.5. The lowest BCUT2D eigenvalue weighted by atomic mass is 10.0. The maximum absolute atomic E-state index is 12.8. The third-order valence-corrected chi connectivity index (χ3v) is 6.90. The molecule has 28 heavy (non-hydrogen) atoms. The number of piperazine rings is 1. The predicted molar refractivity (Wildman–Crippen MR) is 106 cm³/mol. The molecule has 0 N–H and O–H groups in total. The van der Waals surface area contributed by atoms with Gasteiger partial charge < -0.3 is 19.3 Å². The maximum atomic E-state index is 12.8. The molecule has 3 rings (SSSR count). The second-order valence-electron chi connectivity index (χ2n) is 8.85. The van der Waals surface area contributed by atoms with Crippen LogP contribution in [-0.4, -0.2) is 116 Å². The van der Waals surface area contributed by atoms with Crippen LogP contribution in [0, 0.1) is 0 Å². The quantitative estimate of drug-likeness (QED) is 0.489. The number of ether oxygens (including phenoxy) is 2. The SMILES string of the molecule is COC(=O)CCN1CCN(C2C[N+](C)(C3CCN(C(C)C)CC3)C(=O)O2)CC1. The van der Waals surface area contributed by atoms with Gasteiger partial charge in [-0.15, -0.1) is 0 Å². The molecular formula is C20H37N4O4+. The minimum atomic E-state index is -0.163. The monoisotopic (exact) mass is 397 g/mol. The van der Waals surface area contributed by atoms with Crippen LogP contribution in [0.4, 0.5) is 4.79 Å². The molecule has 0 radical (unpaired) electrons. The number of nitrogens with zero attached hydrogens (tertiary/aromatic N) is 4. The van der Waals surface area contributed by atoms with Gasteiger partial charge in [0.2, 0.25) is 6.23 Å². The van der Waals surface area contributed by atoms with Gasteiger partial charge in [-0.2, -0.15) is 4.79 Å². The summed E-state index contributed by atoms with van der Waals surface area (Å²) >= 11 is 0. The maximum Gasteiger partial charge on any atom is 0.517 e. The van der Waals surface area contributed by atoms with Crippen LogP contribution in [0.2, 0.25) is 0 Å². The highest BCUT2D eigenvalue weighted by Crippen LogP contribution is 2.31. The lowest BCUT2D eigenvalue weighted by molar-refractivity contribution is -0.852. The number of carbonyl (C=O) groups is 2. The Balaban J connectivity index is 1.49. The van der Waals surface area contributed by atoms with E-state index in [2.05, 4.69) is 35.6 Å². The number of amides is 1. The molecule has 3 aliphatic heterocycles. The highest BCUT2D eigenvalue weighted by molar-refractivity contribution is 5.69. The van der Waals surface area contributed by atoms with E-state index in [4.69, 9.17) is 9.47 Å². The Morgan fingerprint density at radius 2 is 1.82 bits per heavy atom. The highest BCUT2D eigenvalue weighted by atomic mass is 16.6. The number of hydrogen-bond acceptors (Lipinski definition) is 7. The Morgan fingerprint density at radius 1 is 1.18 bits per heavy atom. The van der Waals surface area contributed by atoms with E-state index in [1.807, 2.05) is 0 Å². The van der Waals surface area contributed by atoms with Crippen molar-refractivity contribution in [3.05, 3.63) is 0 Å². The third kappa shape index (κ3) is 4.67. The number of piperidine rings is 1. The first-order valence-electron chi connectivity index (χ1n) is 10.7. The second-order valence-corrected chi connectivity index (χ2v) is 8.85. The van der Waals surface area contributed by atoms with E-state index in [-0.39, 0.29) is 18.3 Å². The van der Waals surface area contributed by atoms with Crippen molar-refractivity contribution in [2.75, 3.05) is 66.5 Å². The summed E-state index contributed by atoms with van der Waals surface area (Å²) in [6.07, 6.45) is 2.35. The number of esters is 1. The van der Waals surface area contributed by atoms with Crippen LogP contribution in [-0.2, 0) is 14.3 Å². The summed E-state index contributed by atoms with van der Waals surface area (Å²) in [4.78, 5) is 31.2. The summed E-state index contributed by atoms with van der Waals surface area (Å²) in [5, 5.41) is 0. The smallest absolute Gasteiger partial charge is 0.469 e. The minimum absolute atomic E-state index is 0.0684. The molecule has 3 fully saturated rings. The molecule has 0 aromatic carbocycles. The summed E-state index contributed by atoms with van der Waals surface area (Å²) in [7, 11) is 3.49. The van der Waals surface area contributed by atoms with Gasteiger partial charge in [-0.25, -0.2) is 4.48 Å². The molecule has 160 valence electrons. The van der Waals surface area contributed by atoms with Crippen molar-refractivity contribution in [2.24, 2.45) is 0 Å². The fourth-order valence-electron chi connectivity index (χ4n) is 4.76. The predicted octanol–water partition coefficient (Wildman–Crippen LogP) is 0.963. The number of carbonyl (C=O) groups excluding carboxylic acids is 2. The zero-order chi connectivity index (χ0) is 20.3. The van der Waals surface area contributed by atoms with Crippen molar-refractivity contribution in [1.82, 2.24) is 14.7 Å². The van der Waals surface area contributed by atoms with E-state index in [0.717, 1.165) is 65.2 Å².